The minimum atomic E-state index is -4.55. The van der Waals surface area contributed by atoms with Crippen molar-refractivity contribution in [2.45, 2.75) is 50.9 Å². The number of nitrogens with one attached hydrogen (secondary N) is 1. The summed E-state index contributed by atoms with van der Waals surface area (Å²) in [5.74, 6) is 1.15. The fourth-order valence-electron chi connectivity index (χ4n) is 4.66. The standard InChI is InChI=1S/C25H27F3N6O2/c1-4-15(2)30-20-8-16(24(12-36-13-24)10-22-32-29-14-33(22)3)9-21(31-20)34-11-18-17(23(34)35)6-5-7-19(18)25(26,27)28/h5-9,14-15H,4,10-13H2,1-3H3,(H,30,31)/t15-/m1/s1. The lowest BCUT2D eigenvalue weighted by molar-refractivity contribution is -0.138. The van der Waals surface area contributed by atoms with Gasteiger partial charge in [0.05, 0.1) is 25.3 Å². The molecule has 190 valence electrons. The number of carbonyl (C=O) groups excluding carboxylic acids is 1. The zero-order chi connectivity index (χ0) is 25.7. The Bertz CT molecular complexity index is 1300. The van der Waals surface area contributed by atoms with Crippen LogP contribution < -0.4 is 10.2 Å². The van der Waals surface area contributed by atoms with E-state index in [9.17, 15) is 18.0 Å². The second kappa shape index (κ2) is 8.88. The van der Waals surface area contributed by atoms with Crippen molar-refractivity contribution in [3.8, 4) is 0 Å². The van der Waals surface area contributed by atoms with E-state index in [1.165, 1.54) is 17.0 Å². The normalized spacial score (nSPS) is 17.6. The molecule has 1 N–H and O–H groups in total. The Labute approximate surface area is 206 Å². The first kappa shape index (κ1) is 24.2. The van der Waals surface area contributed by atoms with Crippen molar-refractivity contribution < 1.29 is 22.7 Å². The van der Waals surface area contributed by atoms with E-state index in [-0.39, 0.29) is 23.7 Å². The molecule has 1 amide bonds. The van der Waals surface area contributed by atoms with E-state index in [1.54, 1.807) is 12.4 Å². The third-order valence-electron chi connectivity index (χ3n) is 7.04. The second-order valence-corrected chi connectivity index (χ2v) is 9.58. The minimum absolute atomic E-state index is 0.0283. The van der Waals surface area contributed by atoms with Gasteiger partial charge < -0.3 is 14.6 Å². The maximum atomic E-state index is 13.7. The molecule has 2 aliphatic heterocycles. The number of amides is 1. The lowest BCUT2D eigenvalue weighted by Crippen LogP contribution is -2.49. The molecule has 2 aliphatic rings. The predicted octanol–water partition coefficient (Wildman–Crippen LogP) is 4.11. The van der Waals surface area contributed by atoms with Crippen molar-refractivity contribution >= 4 is 17.5 Å². The van der Waals surface area contributed by atoms with Crippen LogP contribution in [0.3, 0.4) is 0 Å². The van der Waals surface area contributed by atoms with Crippen LogP contribution >= 0.6 is 0 Å². The van der Waals surface area contributed by atoms with Crippen LogP contribution in [0, 0.1) is 0 Å². The van der Waals surface area contributed by atoms with Gasteiger partial charge >= 0.3 is 6.18 Å². The molecule has 3 aromatic rings. The quantitative estimate of drug-likeness (QED) is 0.526. The van der Waals surface area contributed by atoms with Crippen LogP contribution in [0.1, 0.15) is 53.1 Å². The summed E-state index contributed by atoms with van der Waals surface area (Å²) in [4.78, 5) is 19.2. The highest BCUT2D eigenvalue weighted by molar-refractivity contribution is 6.10. The summed E-state index contributed by atoms with van der Waals surface area (Å²) in [5.41, 5.74) is -0.311. The molecule has 0 bridgehead atoms. The van der Waals surface area contributed by atoms with Crippen molar-refractivity contribution in [2.24, 2.45) is 7.05 Å². The summed E-state index contributed by atoms with van der Waals surface area (Å²) in [5, 5.41) is 11.5. The average Bonchev–Trinajstić information content (AvgIpc) is 3.37. The molecule has 8 nitrogen and oxygen atoms in total. The van der Waals surface area contributed by atoms with Crippen LogP contribution in [0.5, 0.6) is 0 Å². The molecule has 1 aromatic carbocycles. The lowest BCUT2D eigenvalue weighted by Gasteiger charge is -2.42. The third-order valence-corrected chi connectivity index (χ3v) is 7.04. The second-order valence-electron chi connectivity index (χ2n) is 9.58. The maximum Gasteiger partial charge on any atom is 0.416 e. The molecular weight excluding hydrogens is 473 g/mol. The predicted molar refractivity (Wildman–Crippen MR) is 127 cm³/mol. The van der Waals surface area contributed by atoms with Gasteiger partial charge in [-0.15, -0.1) is 10.2 Å². The molecule has 1 saturated heterocycles. The number of halogens is 3. The number of aryl methyl sites for hydroxylation is 1. The van der Waals surface area contributed by atoms with Gasteiger partial charge in [-0.05, 0) is 48.7 Å². The van der Waals surface area contributed by atoms with E-state index in [1.807, 2.05) is 31.5 Å². The highest BCUT2D eigenvalue weighted by Crippen LogP contribution is 2.41. The molecule has 0 radical (unpaired) electrons. The van der Waals surface area contributed by atoms with E-state index < -0.39 is 23.1 Å². The van der Waals surface area contributed by atoms with Gasteiger partial charge in [0, 0.05) is 30.5 Å². The van der Waals surface area contributed by atoms with Crippen molar-refractivity contribution in [1.29, 1.82) is 0 Å². The molecular formula is C25H27F3N6O2. The summed E-state index contributed by atoms with van der Waals surface area (Å²) < 4.78 is 48.4. The zero-order valence-corrected chi connectivity index (χ0v) is 20.3. The van der Waals surface area contributed by atoms with E-state index in [4.69, 9.17) is 4.74 Å². The molecule has 0 spiro atoms. The van der Waals surface area contributed by atoms with Crippen molar-refractivity contribution in [3.05, 3.63) is 64.7 Å². The van der Waals surface area contributed by atoms with E-state index in [0.717, 1.165) is 23.9 Å². The Morgan fingerprint density at radius 3 is 2.64 bits per heavy atom. The molecule has 36 heavy (non-hydrogen) atoms. The molecule has 11 heteroatoms. The molecule has 2 aromatic heterocycles. The molecule has 1 fully saturated rings. The van der Waals surface area contributed by atoms with Crippen LogP contribution in [-0.2, 0) is 36.3 Å². The van der Waals surface area contributed by atoms with E-state index >= 15 is 0 Å². The number of pyridine rings is 1. The van der Waals surface area contributed by atoms with Crippen LogP contribution in [0.4, 0.5) is 24.8 Å². The number of hydrogen-bond donors (Lipinski definition) is 1. The molecule has 0 saturated carbocycles. The number of benzene rings is 1. The number of anilines is 2. The van der Waals surface area contributed by atoms with E-state index in [2.05, 4.69) is 20.5 Å². The van der Waals surface area contributed by atoms with Crippen LogP contribution in [0.15, 0.2) is 36.7 Å². The molecule has 1 atom stereocenters. The van der Waals surface area contributed by atoms with Gasteiger partial charge in [-0.3, -0.25) is 9.69 Å². The first-order valence-electron chi connectivity index (χ1n) is 11.8. The summed E-state index contributed by atoms with van der Waals surface area (Å²) in [6, 6.07) is 7.55. The fourth-order valence-corrected chi connectivity index (χ4v) is 4.66. The number of ether oxygens (including phenoxy) is 1. The molecule has 5 rings (SSSR count). The topological polar surface area (TPSA) is 85.2 Å². The van der Waals surface area contributed by atoms with Gasteiger partial charge in [-0.2, -0.15) is 13.2 Å². The smallest absolute Gasteiger partial charge is 0.379 e. The summed E-state index contributed by atoms with van der Waals surface area (Å²) in [6.45, 7) is 4.74. The largest absolute Gasteiger partial charge is 0.416 e. The fraction of sp³-hybridized carbons (Fsp3) is 0.440. The van der Waals surface area contributed by atoms with Crippen molar-refractivity contribution in [3.63, 3.8) is 0 Å². The molecule has 0 unspecified atom stereocenters. The van der Waals surface area contributed by atoms with Crippen LogP contribution in [0.25, 0.3) is 0 Å². The van der Waals surface area contributed by atoms with Gasteiger partial charge in [0.25, 0.3) is 5.91 Å². The number of alkyl halides is 3. The average molecular weight is 501 g/mol. The Kier molecular flexibility index (Phi) is 5.98. The van der Waals surface area contributed by atoms with Gasteiger partial charge in [-0.1, -0.05) is 13.0 Å². The first-order valence-corrected chi connectivity index (χ1v) is 11.8. The van der Waals surface area contributed by atoms with Crippen LogP contribution in [0.2, 0.25) is 0 Å². The Morgan fingerprint density at radius 2 is 2.03 bits per heavy atom. The first-order chi connectivity index (χ1) is 17.1. The Morgan fingerprint density at radius 1 is 1.25 bits per heavy atom. The number of nitrogens with zero attached hydrogens (tertiary/aromatic N) is 5. The third kappa shape index (κ3) is 4.21. The summed E-state index contributed by atoms with van der Waals surface area (Å²) in [6.07, 6.45) is -1.52. The number of aromatic nitrogens is 4. The Hall–Kier alpha value is -3.47. The SMILES string of the molecule is CC[C@@H](C)Nc1cc(C2(Cc3nncn3C)COC2)cc(N2Cc3c(cccc3C(F)(F)F)C2=O)n1. The highest BCUT2D eigenvalue weighted by atomic mass is 19.4. The van der Waals surface area contributed by atoms with E-state index in [0.29, 0.717) is 31.3 Å². The summed E-state index contributed by atoms with van der Waals surface area (Å²) in [7, 11) is 1.87. The maximum absolute atomic E-state index is 13.7. The zero-order valence-electron chi connectivity index (χ0n) is 20.3. The molecule has 4 heterocycles. The highest BCUT2D eigenvalue weighted by Gasteiger charge is 2.44. The van der Waals surface area contributed by atoms with Crippen molar-refractivity contribution in [2.75, 3.05) is 23.4 Å². The van der Waals surface area contributed by atoms with Gasteiger partial charge in [0.2, 0.25) is 0 Å². The van der Waals surface area contributed by atoms with Gasteiger partial charge in [0.15, 0.2) is 0 Å². The number of fused-ring (bicyclic) bond motifs is 1. The lowest BCUT2D eigenvalue weighted by atomic mass is 9.75. The number of hydrogen-bond acceptors (Lipinski definition) is 6. The monoisotopic (exact) mass is 500 g/mol. The van der Waals surface area contributed by atoms with Gasteiger partial charge in [-0.25, -0.2) is 4.98 Å². The van der Waals surface area contributed by atoms with Crippen molar-refractivity contribution in [1.82, 2.24) is 19.7 Å². The minimum Gasteiger partial charge on any atom is -0.379 e. The Balaban J connectivity index is 1.57. The number of rotatable bonds is 7. The van der Waals surface area contributed by atoms with Gasteiger partial charge in [0.1, 0.15) is 23.8 Å². The summed E-state index contributed by atoms with van der Waals surface area (Å²) >= 11 is 0. The molecule has 0 aliphatic carbocycles. The van der Waals surface area contributed by atoms with Crippen LogP contribution in [-0.4, -0.2) is 44.9 Å². The number of carbonyl (C=O) groups is 1.